The Balaban J connectivity index is 2.33. The van der Waals surface area contributed by atoms with Crippen molar-refractivity contribution in [1.82, 2.24) is 0 Å². The number of halogens is 2. The molecule has 0 heterocycles. The molecule has 8 nitrogen and oxygen atoms in total. The van der Waals surface area contributed by atoms with Crippen molar-refractivity contribution in [3.63, 3.8) is 0 Å². The first-order chi connectivity index (χ1) is 15.8. The van der Waals surface area contributed by atoms with E-state index < -0.39 is 11.9 Å². The van der Waals surface area contributed by atoms with E-state index in [4.69, 9.17) is 30.5 Å². The van der Waals surface area contributed by atoms with Crippen LogP contribution in [0.4, 0.5) is 5.69 Å². The van der Waals surface area contributed by atoms with E-state index in [1.54, 1.807) is 38.1 Å². The average molecular weight is 585 g/mol. The molecule has 0 spiro atoms. The zero-order valence-corrected chi connectivity index (χ0v) is 21.2. The van der Waals surface area contributed by atoms with Crippen LogP contribution in [-0.4, -0.2) is 38.8 Å². The predicted molar refractivity (Wildman–Crippen MR) is 133 cm³/mol. The van der Waals surface area contributed by atoms with Crippen molar-refractivity contribution in [3.8, 4) is 23.3 Å². The smallest absolute Gasteiger partial charge is 0.344 e. The van der Waals surface area contributed by atoms with Gasteiger partial charge in [0.15, 0.2) is 18.1 Å². The maximum absolute atomic E-state index is 12.7. The largest absolute Gasteiger partial charge is 0.495 e. The molecular weight excluding hydrogens is 563 g/mol. The number of ether oxygens (including phenoxy) is 4. The zero-order chi connectivity index (χ0) is 24.4. The van der Waals surface area contributed by atoms with Crippen LogP contribution in [0.2, 0.25) is 5.02 Å². The first-order valence-electron chi connectivity index (χ1n) is 9.84. The lowest BCUT2D eigenvalue weighted by Gasteiger charge is -2.14. The van der Waals surface area contributed by atoms with Gasteiger partial charge in [0.25, 0.3) is 5.91 Å². The highest BCUT2D eigenvalue weighted by Crippen LogP contribution is 2.35. The predicted octanol–water partition coefficient (Wildman–Crippen LogP) is 4.84. The second-order valence-electron chi connectivity index (χ2n) is 6.33. The maximum atomic E-state index is 12.7. The Kier molecular flexibility index (Phi) is 10.3. The summed E-state index contributed by atoms with van der Waals surface area (Å²) in [6, 6.07) is 9.99. The van der Waals surface area contributed by atoms with Gasteiger partial charge >= 0.3 is 5.97 Å². The molecule has 2 aromatic carbocycles. The monoisotopic (exact) mass is 584 g/mol. The molecule has 174 valence electrons. The first-order valence-corrected chi connectivity index (χ1v) is 11.3. The van der Waals surface area contributed by atoms with Gasteiger partial charge in [-0.3, -0.25) is 4.79 Å². The summed E-state index contributed by atoms with van der Waals surface area (Å²) in [7, 11) is 1.46. The number of hydrogen-bond donors (Lipinski definition) is 1. The highest BCUT2D eigenvalue weighted by Gasteiger charge is 2.17. The van der Waals surface area contributed by atoms with Crippen LogP contribution in [0.25, 0.3) is 6.08 Å². The average Bonchev–Trinajstić information content (AvgIpc) is 2.77. The molecule has 33 heavy (non-hydrogen) atoms. The fourth-order valence-corrected chi connectivity index (χ4v) is 3.64. The minimum Gasteiger partial charge on any atom is -0.495 e. The molecule has 0 aromatic heterocycles. The van der Waals surface area contributed by atoms with E-state index in [0.717, 1.165) is 0 Å². The molecule has 0 fully saturated rings. The lowest BCUT2D eigenvalue weighted by molar-refractivity contribution is -0.145. The van der Waals surface area contributed by atoms with Crippen LogP contribution in [0.3, 0.4) is 0 Å². The van der Waals surface area contributed by atoms with Crippen LogP contribution in [0, 0.1) is 14.9 Å². The molecule has 0 atom stereocenters. The number of carbonyl (C=O) groups is 2. The van der Waals surface area contributed by atoms with Gasteiger partial charge in [0.2, 0.25) is 0 Å². The number of nitrogens with one attached hydrogen (secondary N) is 1. The molecule has 0 bridgehead atoms. The van der Waals surface area contributed by atoms with Crippen molar-refractivity contribution in [1.29, 1.82) is 5.26 Å². The number of esters is 1. The Morgan fingerprint density at radius 1 is 1.15 bits per heavy atom. The maximum Gasteiger partial charge on any atom is 0.344 e. The van der Waals surface area contributed by atoms with E-state index in [-0.39, 0.29) is 18.8 Å². The molecule has 0 radical (unpaired) electrons. The van der Waals surface area contributed by atoms with Gasteiger partial charge in [-0.05, 0) is 78.4 Å². The Morgan fingerprint density at radius 2 is 1.91 bits per heavy atom. The summed E-state index contributed by atoms with van der Waals surface area (Å²) in [4.78, 5) is 24.4. The number of anilines is 1. The number of carbonyl (C=O) groups excluding carboxylic acids is 2. The number of hydrogen-bond acceptors (Lipinski definition) is 7. The van der Waals surface area contributed by atoms with Crippen molar-refractivity contribution in [2.24, 2.45) is 0 Å². The molecule has 0 saturated heterocycles. The van der Waals surface area contributed by atoms with Gasteiger partial charge in [0, 0.05) is 5.02 Å². The molecule has 1 amide bonds. The van der Waals surface area contributed by atoms with Gasteiger partial charge in [0.05, 0.1) is 29.6 Å². The van der Waals surface area contributed by atoms with Crippen molar-refractivity contribution in [3.05, 3.63) is 50.1 Å². The quantitative estimate of drug-likeness (QED) is 0.184. The van der Waals surface area contributed by atoms with E-state index >= 15 is 0 Å². The molecule has 2 aromatic rings. The molecule has 0 unspecified atom stereocenters. The van der Waals surface area contributed by atoms with E-state index in [2.05, 4.69) is 5.32 Å². The van der Waals surface area contributed by atoms with Gasteiger partial charge in [0.1, 0.15) is 17.4 Å². The first kappa shape index (κ1) is 26.3. The summed E-state index contributed by atoms with van der Waals surface area (Å²) in [6.45, 7) is 3.84. The number of benzene rings is 2. The zero-order valence-electron chi connectivity index (χ0n) is 18.2. The molecule has 1 N–H and O–H groups in total. The lowest BCUT2D eigenvalue weighted by Crippen LogP contribution is -2.15. The third-order valence-electron chi connectivity index (χ3n) is 4.06. The summed E-state index contributed by atoms with van der Waals surface area (Å²) >= 11 is 8.03. The Bertz CT molecular complexity index is 1100. The lowest BCUT2D eigenvalue weighted by atomic mass is 10.1. The topological polar surface area (TPSA) is 107 Å². The minimum atomic E-state index is -0.631. The molecule has 2 rings (SSSR count). The van der Waals surface area contributed by atoms with Crippen LogP contribution in [0.15, 0.2) is 35.9 Å². The van der Waals surface area contributed by atoms with Crippen LogP contribution >= 0.6 is 34.2 Å². The van der Waals surface area contributed by atoms with Gasteiger partial charge in [-0.25, -0.2) is 4.79 Å². The summed E-state index contributed by atoms with van der Waals surface area (Å²) in [5.41, 5.74) is 0.731. The van der Waals surface area contributed by atoms with Gasteiger partial charge < -0.3 is 24.3 Å². The Morgan fingerprint density at radius 3 is 2.55 bits per heavy atom. The fraction of sp³-hybridized carbons (Fsp3) is 0.261. The third kappa shape index (κ3) is 7.54. The van der Waals surface area contributed by atoms with E-state index in [1.165, 1.54) is 19.3 Å². The number of rotatable bonds is 10. The standard InChI is InChI=1S/C23H22ClIN2O6/c1-4-31-20-10-14(9-17(25)22(20)33-13-21(28)32-5-2)8-15(12-26)23(29)27-18-11-16(24)6-7-19(18)30-3/h6-11H,4-5,13H2,1-3H3,(H,27,29)/b15-8+. The second-order valence-corrected chi connectivity index (χ2v) is 7.92. The molecule has 0 aliphatic heterocycles. The van der Waals surface area contributed by atoms with E-state index in [0.29, 0.717) is 43.7 Å². The van der Waals surface area contributed by atoms with E-state index in [9.17, 15) is 14.9 Å². The Labute approximate surface area is 210 Å². The van der Waals surface area contributed by atoms with Gasteiger partial charge in [-0.15, -0.1) is 0 Å². The molecular formula is C23H22ClIN2O6. The van der Waals surface area contributed by atoms with Gasteiger partial charge in [-0.2, -0.15) is 5.26 Å². The number of amides is 1. The van der Waals surface area contributed by atoms with Crippen molar-refractivity contribution < 1.29 is 28.5 Å². The normalized spacial score (nSPS) is 10.7. The van der Waals surface area contributed by atoms with Crippen LogP contribution in [0.5, 0.6) is 17.2 Å². The summed E-state index contributed by atoms with van der Waals surface area (Å²) in [6.07, 6.45) is 1.42. The number of methoxy groups -OCH3 is 1. The molecule has 0 aliphatic rings. The SMILES string of the molecule is CCOC(=O)COc1c(I)cc(/C=C(\C#N)C(=O)Nc2cc(Cl)ccc2OC)cc1OCC. The molecule has 0 saturated carbocycles. The van der Waals surface area contributed by atoms with Crippen LogP contribution < -0.4 is 19.5 Å². The van der Waals surface area contributed by atoms with Crippen molar-refractivity contribution in [2.45, 2.75) is 13.8 Å². The van der Waals surface area contributed by atoms with Gasteiger partial charge in [-0.1, -0.05) is 11.6 Å². The summed E-state index contributed by atoms with van der Waals surface area (Å²) < 4.78 is 22.0. The third-order valence-corrected chi connectivity index (χ3v) is 5.09. The van der Waals surface area contributed by atoms with E-state index in [1.807, 2.05) is 28.7 Å². The molecule has 10 heteroatoms. The van der Waals surface area contributed by atoms with Crippen LogP contribution in [-0.2, 0) is 14.3 Å². The van der Waals surface area contributed by atoms with Crippen molar-refractivity contribution >= 4 is 57.8 Å². The van der Waals surface area contributed by atoms with Crippen LogP contribution in [0.1, 0.15) is 19.4 Å². The Hall–Kier alpha value is -2.97. The number of nitriles is 1. The second kappa shape index (κ2) is 12.9. The fourth-order valence-electron chi connectivity index (χ4n) is 2.69. The highest BCUT2D eigenvalue weighted by molar-refractivity contribution is 14.1. The minimum absolute atomic E-state index is 0.143. The summed E-state index contributed by atoms with van der Waals surface area (Å²) in [5, 5.41) is 12.6. The summed E-state index contributed by atoms with van der Waals surface area (Å²) in [5.74, 6) is 0.0121. The number of nitrogens with zero attached hydrogens (tertiary/aromatic N) is 1. The molecule has 0 aliphatic carbocycles. The van der Waals surface area contributed by atoms with Crippen molar-refractivity contribution in [2.75, 3.05) is 32.2 Å². The highest BCUT2D eigenvalue weighted by atomic mass is 127.